The summed E-state index contributed by atoms with van der Waals surface area (Å²) in [6, 6.07) is 9.32. The van der Waals surface area contributed by atoms with Crippen molar-refractivity contribution in [1.29, 1.82) is 0 Å². The third-order valence-electron chi connectivity index (χ3n) is 1.85. The van der Waals surface area contributed by atoms with E-state index in [0.29, 0.717) is 6.04 Å². The van der Waals surface area contributed by atoms with Gasteiger partial charge in [-0.1, -0.05) is 29.8 Å². The molecule has 1 nitrogen and oxygen atoms in total. The predicted octanol–water partition coefficient (Wildman–Crippen LogP) is 1.64. The first-order chi connectivity index (χ1) is 4.86. The van der Waals surface area contributed by atoms with E-state index in [1.807, 2.05) is 0 Å². The van der Waals surface area contributed by atoms with Crippen LogP contribution >= 0.6 is 0 Å². The molecule has 0 radical (unpaired) electrons. The molecule has 52 valence electrons. The van der Waals surface area contributed by atoms with Crippen LogP contribution in [-0.2, 0) is 0 Å². The standard InChI is InChI=1S/C9H11N/c1-7-3-2-4-8(5-7)9-6-10-9/h2-5,9-10H,6H2,1H3. The van der Waals surface area contributed by atoms with Crippen LogP contribution in [0.25, 0.3) is 0 Å². The topological polar surface area (TPSA) is 21.9 Å². The first-order valence-electron chi connectivity index (χ1n) is 3.66. The maximum absolute atomic E-state index is 3.28. The molecule has 0 bridgehead atoms. The van der Waals surface area contributed by atoms with E-state index in [9.17, 15) is 0 Å². The molecule has 2 rings (SSSR count). The van der Waals surface area contributed by atoms with Crippen LogP contribution in [0.1, 0.15) is 17.2 Å². The Morgan fingerprint density at radius 1 is 1.50 bits per heavy atom. The Bertz CT molecular complexity index is 238. The molecule has 1 aliphatic rings. The number of nitrogens with one attached hydrogen (secondary N) is 1. The molecule has 10 heavy (non-hydrogen) atoms. The molecule has 1 fully saturated rings. The van der Waals surface area contributed by atoms with Gasteiger partial charge in [0.15, 0.2) is 0 Å². The lowest BCUT2D eigenvalue weighted by Gasteiger charge is -1.96. The third kappa shape index (κ3) is 1.05. The highest BCUT2D eigenvalue weighted by atomic mass is 15.1. The third-order valence-corrected chi connectivity index (χ3v) is 1.85. The van der Waals surface area contributed by atoms with Gasteiger partial charge in [-0.2, -0.15) is 0 Å². The lowest BCUT2D eigenvalue weighted by Crippen LogP contribution is -1.83. The highest BCUT2D eigenvalue weighted by Crippen LogP contribution is 2.21. The Kier molecular flexibility index (Phi) is 1.24. The van der Waals surface area contributed by atoms with Gasteiger partial charge in [0.2, 0.25) is 0 Å². The maximum atomic E-state index is 3.28. The predicted molar refractivity (Wildman–Crippen MR) is 41.9 cm³/mol. The van der Waals surface area contributed by atoms with Crippen molar-refractivity contribution in [2.24, 2.45) is 0 Å². The van der Waals surface area contributed by atoms with Crippen LogP contribution < -0.4 is 5.32 Å². The molecule has 0 aliphatic carbocycles. The van der Waals surface area contributed by atoms with E-state index >= 15 is 0 Å². The fourth-order valence-corrected chi connectivity index (χ4v) is 1.18. The molecule has 1 aromatic carbocycles. The molecule has 0 amide bonds. The fourth-order valence-electron chi connectivity index (χ4n) is 1.18. The van der Waals surface area contributed by atoms with Crippen LogP contribution in [0.15, 0.2) is 24.3 Å². The summed E-state index contributed by atoms with van der Waals surface area (Å²) in [6.07, 6.45) is 0. The minimum atomic E-state index is 0.653. The van der Waals surface area contributed by atoms with Crippen LogP contribution in [0, 0.1) is 6.92 Å². The Morgan fingerprint density at radius 3 is 2.90 bits per heavy atom. The molecule has 1 aromatic rings. The Balaban J connectivity index is 2.32. The summed E-state index contributed by atoms with van der Waals surface area (Å²) >= 11 is 0. The molecule has 1 aliphatic heterocycles. The van der Waals surface area contributed by atoms with Gasteiger partial charge in [0.25, 0.3) is 0 Å². The summed E-state index contributed by atoms with van der Waals surface area (Å²) in [6.45, 7) is 3.29. The molecule has 0 spiro atoms. The van der Waals surface area contributed by atoms with Crippen molar-refractivity contribution in [3.05, 3.63) is 35.4 Å². The molecule has 1 saturated heterocycles. The molecule has 1 unspecified atom stereocenters. The van der Waals surface area contributed by atoms with Crippen LogP contribution in [0.4, 0.5) is 0 Å². The van der Waals surface area contributed by atoms with E-state index in [-0.39, 0.29) is 0 Å². The van der Waals surface area contributed by atoms with Crippen LogP contribution in [0.2, 0.25) is 0 Å². The molecule has 1 N–H and O–H groups in total. The quantitative estimate of drug-likeness (QED) is 0.578. The summed E-state index contributed by atoms with van der Waals surface area (Å²) in [5.74, 6) is 0. The second-order valence-corrected chi connectivity index (χ2v) is 2.87. The molecule has 0 saturated carbocycles. The zero-order chi connectivity index (χ0) is 6.97. The fraction of sp³-hybridized carbons (Fsp3) is 0.333. The summed E-state index contributed by atoms with van der Waals surface area (Å²) in [7, 11) is 0. The summed E-state index contributed by atoms with van der Waals surface area (Å²) in [4.78, 5) is 0. The summed E-state index contributed by atoms with van der Waals surface area (Å²) in [5.41, 5.74) is 2.78. The highest BCUT2D eigenvalue weighted by Gasteiger charge is 2.21. The smallest absolute Gasteiger partial charge is 0.0447 e. The number of aryl methyl sites for hydroxylation is 1. The largest absolute Gasteiger partial charge is 0.307 e. The second-order valence-electron chi connectivity index (χ2n) is 2.87. The molecule has 1 atom stereocenters. The van der Waals surface area contributed by atoms with E-state index in [2.05, 4.69) is 36.5 Å². The molecular weight excluding hydrogens is 122 g/mol. The summed E-state index contributed by atoms with van der Waals surface area (Å²) < 4.78 is 0. The van der Waals surface area contributed by atoms with Crippen molar-refractivity contribution in [2.75, 3.05) is 6.54 Å². The molecular formula is C9H11N. The SMILES string of the molecule is Cc1cccc(C2CN2)c1. The number of hydrogen-bond acceptors (Lipinski definition) is 1. The zero-order valence-corrected chi connectivity index (χ0v) is 6.09. The van der Waals surface area contributed by atoms with Crippen molar-refractivity contribution in [2.45, 2.75) is 13.0 Å². The highest BCUT2D eigenvalue weighted by molar-refractivity contribution is 5.27. The number of benzene rings is 1. The van der Waals surface area contributed by atoms with Crippen molar-refractivity contribution in [3.63, 3.8) is 0 Å². The summed E-state index contributed by atoms with van der Waals surface area (Å²) in [5, 5.41) is 3.28. The van der Waals surface area contributed by atoms with Gasteiger partial charge in [0.05, 0.1) is 0 Å². The van der Waals surface area contributed by atoms with E-state index < -0.39 is 0 Å². The van der Waals surface area contributed by atoms with Gasteiger partial charge in [0.1, 0.15) is 0 Å². The average Bonchev–Trinajstić information content (AvgIpc) is 2.68. The average molecular weight is 133 g/mol. The van der Waals surface area contributed by atoms with Crippen LogP contribution in [-0.4, -0.2) is 6.54 Å². The molecule has 0 aromatic heterocycles. The van der Waals surface area contributed by atoms with Gasteiger partial charge in [-0.15, -0.1) is 0 Å². The van der Waals surface area contributed by atoms with E-state index in [4.69, 9.17) is 0 Å². The van der Waals surface area contributed by atoms with Gasteiger partial charge < -0.3 is 5.32 Å². The van der Waals surface area contributed by atoms with Gasteiger partial charge in [-0.25, -0.2) is 0 Å². The van der Waals surface area contributed by atoms with Crippen LogP contribution in [0.5, 0.6) is 0 Å². The van der Waals surface area contributed by atoms with Crippen LogP contribution in [0.3, 0.4) is 0 Å². The van der Waals surface area contributed by atoms with Gasteiger partial charge >= 0.3 is 0 Å². The second kappa shape index (κ2) is 2.10. The van der Waals surface area contributed by atoms with Gasteiger partial charge in [-0.05, 0) is 12.5 Å². The Labute approximate surface area is 61.1 Å². The van der Waals surface area contributed by atoms with Gasteiger partial charge in [-0.3, -0.25) is 0 Å². The first kappa shape index (κ1) is 5.93. The minimum Gasteiger partial charge on any atom is -0.307 e. The number of hydrogen-bond donors (Lipinski definition) is 1. The van der Waals surface area contributed by atoms with E-state index in [1.165, 1.54) is 11.1 Å². The van der Waals surface area contributed by atoms with E-state index in [0.717, 1.165) is 6.54 Å². The van der Waals surface area contributed by atoms with Crippen molar-refractivity contribution in [3.8, 4) is 0 Å². The Morgan fingerprint density at radius 2 is 2.30 bits per heavy atom. The van der Waals surface area contributed by atoms with Crippen molar-refractivity contribution < 1.29 is 0 Å². The van der Waals surface area contributed by atoms with E-state index in [1.54, 1.807) is 0 Å². The Hall–Kier alpha value is -0.820. The zero-order valence-electron chi connectivity index (χ0n) is 6.09. The molecule has 1 heterocycles. The number of rotatable bonds is 1. The lowest BCUT2D eigenvalue weighted by atomic mass is 10.1. The van der Waals surface area contributed by atoms with Crippen molar-refractivity contribution >= 4 is 0 Å². The first-order valence-corrected chi connectivity index (χ1v) is 3.66. The van der Waals surface area contributed by atoms with Crippen molar-refractivity contribution in [1.82, 2.24) is 5.32 Å². The lowest BCUT2D eigenvalue weighted by molar-refractivity contribution is 1.07. The molecule has 1 heteroatoms. The maximum Gasteiger partial charge on any atom is 0.0447 e. The normalized spacial score (nSPS) is 22.7. The minimum absolute atomic E-state index is 0.653. The monoisotopic (exact) mass is 133 g/mol. The van der Waals surface area contributed by atoms with Gasteiger partial charge in [0, 0.05) is 12.6 Å².